The van der Waals surface area contributed by atoms with E-state index >= 15 is 0 Å². The van der Waals surface area contributed by atoms with E-state index in [1.165, 1.54) is 24.3 Å². The number of aromatic hydroxyl groups is 1. The van der Waals surface area contributed by atoms with Gasteiger partial charge in [0, 0.05) is 16.8 Å². The first-order chi connectivity index (χ1) is 10.2. The minimum Gasteiger partial charge on any atom is -0.508 e. The maximum absolute atomic E-state index is 12.0. The monoisotopic (exact) mass is 321 g/mol. The largest absolute Gasteiger partial charge is 0.508 e. The van der Waals surface area contributed by atoms with Crippen LogP contribution in [0.2, 0.25) is 0 Å². The Balaban J connectivity index is 2.39. The Labute approximate surface area is 124 Å². The van der Waals surface area contributed by atoms with Gasteiger partial charge >= 0.3 is 15.9 Å². The van der Waals surface area contributed by atoms with Gasteiger partial charge in [-0.1, -0.05) is 0 Å². The maximum atomic E-state index is 12.0. The summed E-state index contributed by atoms with van der Waals surface area (Å²) >= 11 is 0. The molecule has 0 unspecified atom stereocenters. The van der Waals surface area contributed by atoms with Gasteiger partial charge in [0.15, 0.2) is 0 Å². The number of phenolic OH excluding ortho intramolecular Hbond substituents is 1. The van der Waals surface area contributed by atoms with Gasteiger partial charge in [0.2, 0.25) is 0 Å². The van der Waals surface area contributed by atoms with Crippen molar-refractivity contribution in [3.63, 3.8) is 0 Å². The fraction of sp³-hybridized carbons (Fsp3) is 0.0714. The predicted molar refractivity (Wildman–Crippen MR) is 80.1 cm³/mol. The van der Waals surface area contributed by atoms with Crippen LogP contribution in [-0.4, -0.2) is 13.5 Å². The van der Waals surface area contributed by atoms with Crippen molar-refractivity contribution in [1.29, 1.82) is 0 Å². The SMILES string of the molecule is Cc1cc(OS(N)(=O)=O)cc2oc(=O)c3cc(O)ccc3c12. The van der Waals surface area contributed by atoms with E-state index in [-0.39, 0.29) is 22.5 Å². The van der Waals surface area contributed by atoms with Crippen molar-refractivity contribution in [1.82, 2.24) is 0 Å². The molecule has 0 radical (unpaired) electrons. The standard InChI is InChI=1S/C14H11NO6S/c1-7-4-9(21-22(15,18)19)6-12-13(7)10-3-2-8(16)5-11(10)14(17)20-12/h2-6,16H,1H3,(H2,15,18,19). The lowest BCUT2D eigenvalue weighted by Crippen LogP contribution is -2.19. The van der Waals surface area contributed by atoms with E-state index in [9.17, 15) is 18.3 Å². The number of aryl methyl sites for hydroxylation is 1. The van der Waals surface area contributed by atoms with Crippen LogP contribution in [0.3, 0.4) is 0 Å². The first kappa shape index (κ1) is 14.4. The fourth-order valence-corrected chi connectivity index (χ4v) is 2.77. The second-order valence-corrected chi connectivity index (χ2v) is 5.96. The summed E-state index contributed by atoms with van der Waals surface area (Å²) in [5.41, 5.74) is 0.156. The van der Waals surface area contributed by atoms with Gasteiger partial charge in [0.05, 0.1) is 5.39 Å². The van der Waals surface area contributed by atoms with E-state index in [1.807, 2.05) is 0 Å². The third-order valence-corrected chi connectivity index (χ3v) is 3.61. The average molecular weight is 321 g/mol. The summed E-state index contributed by atoms with van der Waals surface area (Å²) in [6.07, 6.45) is 0. The number of nitrogens with two attached hydrogens (primary N) is 1. The van der Waals surface area contributed by atoms with Crippen molar-refractivity contribution >= 4 is 32.0 Å². The first-order valence-corrected chi connectivity index (χ1v) is 7.64. The number of benzene rings is 2. The minimum atomic E-state index is -4.17. The first-order valence-electron chi connectivity index (χ1n) is 6.17. The Hall–Kier alpha value is -2.58. The van der Waals surface area contributed by atoms with Gasteiger partial charge < -0.3 is 13.7 Å². The van der Waals surface area contributed by atoms with Crippen LogP contribution in [0.1, 0.15) is 5.56 Å². The molecule has 3 N–H and O–H groups in total. The van der Waals surface area contributed by atoms with E-state index in [0.717, 1.165) is 0 Å². The summed E-state index contributed by atoms with van der Waals surface area (Å²) in [4.78, 5) is 12.0. The average Bonchev–Trinajstić information content (AvgIpc) is 2.36. The van der Waals surface area contributed by atoms with Crippen LogP contribution in [-0.2, 0) is 10.3 Å². The van der Waals surface area contributed by atoms with Gasteiger partial charge in [0.1, 0.15) is 17.1 Å². The topological polar surface area (TPSA) is 120 Å². The fourth-order valence-electron chi connectivity index (χ4n) is 2.40. The van der Waals surface area contributed by atoms with Gasteiger partial charge in [-0.05, 0) is 36.8 Å². The molecule has 0 amide bonds. The highest BCUT2D eigenvalue weighted by molar-refractivity contribution is 7.84. The molecular weight excluding hydrogens is 310 g/mol. The lowest BCUT2D eigenvalue weighted by atomic mass is 10.0. The molecule has 7 nitrogen and oxygen atoms in total. The van der Waals surface area contributed by atoms with E-state index in [2.05, 4.69) is 4.18 Å². The van der Waals surface area contributed by atoms with E-state index < -0.39 is 15.9 Å². The summed E-state index contributed by atoms with van der Waals surface area (Å²) in [6.45, 7) is 1.71. The number of phenols is 1. The second kappa shape index (κ2) is 4.72. The summed E-state index contributed by atoms with van der Waals surface area (Å²) in [6, 6.07) is 7.11. The van der Waals surface area contributed by atoms with Gasteiger partial charge in [-0.15, -0.1) is 0 Å². The molecule has 1 heterocycles. The molecule has 0 aliphatic heterocycles. The molecule has 114 valence electrons. The minimum absolute atomic E-state index is 0.0474. The van der Waals surface area contributed by atoms with Crippen LogP contribution in [0.4, 0.5) is 0 Å². The van der Waals surface area contributed by atoms with Crippen LogP contribution >= 0.6 is 0 Å². The molecule has 2 aromatic carbocycles. The lowest BCUT2D eigenvalue weighted by Gasteiger charge is -2.09. The van der Waals surface area contributed by atoms with Crippen LogP contribution in [0.5, 0.6) is 11.5 Å². The Kier molecular flexibility index (Phi) is 3.08. The zero-order valence-corrected chi connectivity index (χ0v) is 12.2. The van der Waals surface area contributed by atoms with Crippen molar-refractivity contribution < 1.29 is 22.1 Å². The molecule has 1 aromatic heterocycles. The van der Waals surface area contributed by atoms with Crippen molar-refractivity contribution in [3.8, 4) is 11.5 Å². The molecule has 0 saturated carbocycles. The van der Waals surface area contributed by atoms with E-state index in [4.69, 9.17) is 9.56 Å². The van der Waals surface area contributed by atoms with Gasteiger partial charge in [-0.25, -0.2) is 4.79 Å². The van der Waals surface area contributed by atoms with Crippen molar-refractivity contribution in [2.45, 2.75) is 6.92 Å². The Morgan fingerprint density at radius 1 is 1.18 bits per heavy atom. The molecule has 0 fully saturated rings. The number of hydrogen-bond donors (Lipinski definition) is 2. The molecule has 0 saturated heterocycles. The summed E-state index contributed by atoms with van der Waals surface area (Å²) in [7, 11) is -4.17. The normalized spacial score (nSPS) is 11.9. The molecule has 3 rings (SSSR count). The second-order valence-electron chi connectivity index (χ2n) is 4.81. The van der Waals surface area contributed by atoms with E-state index in [1.54, 1.807) is 13.0 Å². The molecule has 22 heavy (non-hydrogen) atoms. The maximum Gasteiger partial charge on any atom is 0.380 e. The molecule has 0 aliphatic carbocycles. The van der Waals surface area contributed by atoms with Crippen LogP contribution in [0.15, 0.2) is 39.5 Å². The number of hydrogen-bond acceptors (Lipinski definition) is 6. The van der Waals surface area contributed by atoms with Crippen molar-refractivity contribution in [2.75, 3.05) is 0 Å². The molecule has 0 bridgehead atoms. The summed E-state index contributed by atoms with van der Waals surface area (Å²) in [5, 5.41) is 15.8. The highest BCUT2D eigenvalue weighted by Crippen LogP contribution is 2.31. The lowest BCUT2D eigenvalue weighted by molar-refractivity contribution is 0.475. The zero-order valence-electron chi connectivity index (χ0n) is 11.4. The molecule has 0 atom stereocenters. The zero-order chi connectivity index (χ0) is 16.1. The Morgan fingerprint density at radius 3 is 2.59 bits per heavy atom. The quantitative estimate of drug-likeness (QED) is 0.546. The number of fused-ring (bicyclic) bond motifs is 3. The highest BCUT2D eigenvalue weighted by Gasteiger charge is 2.14. The summed E-state index contributed by atoms with van der Waals surface area (Å²) in [5.74, 6) is -0.0974. The molecule has 0 aliphatic rings. The van der Waals surface area contributed by atoms with Gasteiger partial charge in [0.25, 0.3) is 0 Å². The Bertz CT molecular complexity index is 1070. The van der Waals surface area contributed by atoms with Crippen LogP contribution < -0.4 is 14.9 Å². The van der Waals surface area contributed by atoms with Crippen LogP contribution in [0.25, 0.3) is 21.7 Å². The smallest absolute Gasteiger partial charge is 0.380 e. The van der Waals surface area contributed by atoms with Crippen molar-refractivity contribution in [2.24, 2.45) is 5.14 Å². The Morgan fingerprint density at radius 2 is 1.91 bits per heavy atom. The molecule has 0 spiro atoms. The van der Waals surface area contributed by atoms with Crippen molar-refractivity contribution in [3.05, 3.63) is 46.3 Å². The molecular formula is C14H11NO6S. The molecule has 8 heteroatoms. The molecule has 3 aromatic rings. The predicted octanol–water partition coefficient (Wildman–Crippen LogP) is 1.54. The third-order valence-electron chi connectivity index (χ3n) is 3.18. The van der Waals surface area contributed by atoms with Crippen LogP contribution in [0, 0.1) is 6.92 Å². The van der Waals surface area contributed by atoms with Gasteiger partial charge in [-0.3, -0.25) is 0 Å². The number of rotatable bonds is 2. The van der Waals surface area contributed by atoms with Gasteiger partial charge in [-0.2, -0.15) is 13.6 Å². The summed E-state index contributed by atoms with van der Waals surface area (Å²) < 4.78 is 31.8. The highest BCUT2D eigenvalue weighted by atomic mass is 32.2. The third kappa shape index (κ3) is 2.49. The van der Waals surface area contributed by atoms with E-state index in [0.29, 0.717) is 16.3 Å².